The highest BCUT2D eigenvalue weighted by molar-refractivity contribution is 7.99. The van der Waals surface area contributed by atoms with Gasteiger partial charge >= 0.3 is 0 Å². The molecule has 0 amide bonds. The van der Waals surface area contributed by atoms with Gasteiger partial charge in [0.2, 0.25) is 0 Å². The molecule has 1 aliphatic rings. The molecule has 1 aliphatic heterocycles. The quantitative estimate of drug-likeness (QED) is 0.670. The predicted octanol–water partition coefficient (Wildman–Crippen LogP) is 2.36. The Morgan fingerprint density at radius 1 is 1.39 bits per heavy atom. The van der Waals surface area contributed by atoms with Crippen molar-refractivity contribution in [2.75, 3.05) is 19.7 Å². The van der Waals surface area contributed by atoms with E-state index in [2.05, 4.69) is 19.2 Å². The Morgan fingerprint density at radius 2 is 2.11 bits per heavy atom. The number of ketones is 1. The van der Waals surface area contributed by atoms with Crippen LogP contribution >= 0.6 is 11.8 Å². The molecule has 0 aliphatic carbocycles. The van der Waals surface area contributed by atoms with E-state index in [-0.39, 0.29) is 11.9 Å². The highest BCUT2D eigenvalue weighted by Gasteiger charge is 2.22. The van der Waals surface area contributed by atoms with Crippen LogP contribution in [0, 0.1) is 0 Å². The molecule has 1 unspecified atom stereocenters. The van der Waals surface area contributed by atoms with Gasteiger partial charge in [-0.15, -0.1) is 11.8 Å². The van der Waals surface area contributed by atoms with E-state index in [9.17, 15) is 4.79 Å². The second-order valence-corrected chi connectivity index (χ2v) is 6.27. The van der Waals surface area contributed by atoms with Crippen LogP contribution in [0.25, 0.3) is 0 Å². The molecule has 1 N–H and O–H groups in total. The maximum Gasteiger partial charge on any atom is 0.192 e. The number of carbonyl (C=O) groups is 1. The van der Waals surface area contributed by atoms with E-state index < -0.39 is 0 Å². The van der Waals surface area contributed by atoms with Crippen LogP contribution < -0.4 is 5.32 Å². The van der Waals surface area contributed by atoms with E-state index in [4.69, 9.17) is 4.74 Å². The highest BCUT2D eigenvalue weighted by atomic mass is 32.2. The minimum atomic E-state index is -0.331. The molecule has 3 nitrogen and oxygen atoms in total. The predicted molar refractivity (Wildman–Crippen MR) is 74.4 cm³/mol. The molecular weight excluding hydrogens is 246 g/mol. The Bertz CT molecular complexity index is 397. The Kier molecular flexibility index (Phi) is 4.80. The van der Waals surface area contributed by atoms with E-state index in [0.29, 0.717) is 18.4 Å². The molecule has 98 valence electrons. The van der Waals surface area contributed by atoms with Crippen molar-refractivity contribution >= 4 is 17.5 Å². The van der Waals surface area contributed by atoms with Crippen LogP contribution in [0.3, 0.4) is 0 Å². The second-order valence-electron chi connectivity index (χ2n) is 4.62. The number of benzene rings is 1. The molecule has 1 aromatic carbocycles. The average Bonchev–Trinajstić information content (AvgIpc) is 2.39. The zero-order valence-electron chi connectivity index (χ0n) is 10.8. The lowest BCUT2D eigenvalue weighted by atomic mass is 10.1. The molecule has 1 atom stereocenters. The monoisotopic (exact) mass is 265 g/mol. The average molecular weight is 265 g/mol. The fraction of sp³-hybridized carbons (Fsp3) is 0.500. The zero-order chi connectivity index (χ0) is 13.0. The molecule has 1 heterocycles. The summed E-state index contributed by atoms with van der Waals surface area (Å²) in [5.41, 5.74) is 0.733. The lowest BCUT2D eigenvalue weighted by Crippen LogP contribution is -2.43. The van der Waals surface area contributed by atoms with Crippen LogP contribution in [0.15, 0.2) is 29.2 Å². The number of carbonyl (C=O) groups excluding carboxylic acids is 1. The molecule has 0 aromatic heterocycles. The summed E-state index contributed by atoms with van der Waals surface area (Å²) in [7, 11) is 0. The summed E-state index contributed by atoms with van der Waals surface area (Å²) in [6, 6.07) is 7.80. The van der Waals surface area contributed by atoms with Gasteiger partial charge < -0.3 is 10.1 Å². The van der Waals surface area contributed by atoms with Gasteiger partial charge in [-0.3, -0.25) is 4.79 Å². The summed E-state index contributed by atoms with van der Waals surface area (Å²) >= 11 is 1.80. The molecule has 2 rings (SSSR count). The van der Waals surface area contributed by atoms with Gasteiger partial charge in [-0.1, -0.05) is 26.0 Å². The van der Waals surface area contributed by atoms with Crippen molar-refractivity contribution < 1.29 is 9.53 Å². The molecule has 1 fully saturated rings. The van der Waals surface area contributed by atoms with Crippen molar-refractivity contribution in [2.24, 2.45) is 0 Å². The molecule has 1 aromatic rings. The van der Waals surface area contributed by atoms with Gasteiger partial charge in [0.25, 0.3) is 0 Å². The third-order valence-electron chi connectivity index (χ3n) is 2.73. The van der Waals surface area contributed by atoms with Gasteiger partial charge in [0, 0.05) is 28.8 Å². The molecule has 0 bridgehead atoms. The Morgan fingerprint density at radius 3 is 2.67 bits per heavy atom. The summed E-state index contributed by atoms with van der Waals surface area (Å²) < 4.78 is 5.47. The van der Waals surface area contributed by atoms with Gasteiger partial charge in [-0.25, -0.2) is 0 Å². The van der Waals surface area contributed by atoms with Gasteiger partial charge in [0.1, 0.15) is 6.10 Å². The second kappa shape index (κ2) is 6.36. The normalized spacial score (nSPS) is 20.1. The number of ether oxygens (including phenoxy) is 1. The van der Waals surface area contributed by atoms with Crippen LogP contribution in [-0.4, -0.2) is 36.8 Å². The van der Waals surface area contributed by atoms with Crippen LogP contribution in [0.2, 0.25) is 0 Å². The third-order valence-corrected chi connectivity index (χ3v) is 3.75. The number of nitrogens with one attached hydrogen (secondary N) is 1. The number of hydrogen-bond donors (Lipinski definition) is 1. The summed E-state index contributed by atoms with van der Waals surface area (Å²) in [4.78, 5) is 13.4. The van der Waals surface area contributed by atoms with E-state index in [1.165, 1.54) is 4.90 Å². The molecule has 0 spiro atoms. The fourth-order valence-electron chi connectivity index (χ4n) is 1.89. The number of hydrogen-bond acceptors (Lipinski definition) is 4. The summed E-state index contributed by atoms with van der Waals surface area (Å²) in [6.45, 7) is 6.36. The first-order valence-corrected chi connectivity index (χ1v) is 7.18. The maximum absolute atomic E-state index is 12.2. The van der Waals surface area contributed by atoms with E-state index in [0.717, 1.165) is 12.1 Å². The summed E-state index contributed by atoms with van der Waals surface area (Å²) in [5, 5.41) is 3.73. The van der Waals surface area contributed by atoms with E-state index >= 15 is 0 Å². The molecular formula is C14H19NO2S. The van der Waals surface area contributed by atoms with Crippen LogP contribution in [0.1, 0.15) is 24.2 Å². The smallest absolute Gasteiger partial charge is 0.192 e. The maximum atomic E-state index is 12.2. The standard InChI is InChI=1S/C14H19NO2S/c1-10(2)18-12-5-3-11(4-6-12)14(16)13-9-15-7-8-17-13/h3-6,10,13,15H,7-9H2,1-2H3. The number of morpholine rings is 1. The van der Waals surface area contributed by atoms with Crippen molar-refractivity contribution in [1.29, 1.82) is 0 Å². The first-order chi connectivity index (χ1) is 8.66. The van der Waals surface area contributed by atoms with Gasteiger partial charge in [0.15, 0.2) is 5.78 Å². The van der Waals surface area contributed by atoms with Crippen molar-refractivity contribution in [3.05, 3.63) is 29.8 Å². The topological polar surface area (TPSA) is 38.3 Å². The van der Waals surface area contributed by atoms with Gasteiger partial charge in [-0.2, -0.15) is 0 Å². The first-order valence-electron chi connectivity index (χ1n) is 6.30. The fourth-order valence-corrected chi connectivity index (χ4v) is 2.73. The van der Waals surface area contributed by atoms with Gasteiger partial charge in [-0.05, 0) is 12.1 Å². The number of thioether (sulfide) groups is 1. The van der Waals surface area contributed by atoms with Gasteiger partial charge in [0.05, 0.1) is 6.61 Å². The van der Waals surface area contributed by atoms with Crippen LogP contribution in [0.5, 0.6) is 0 Å². The van der Waals surface area contributed by atoms with E-state index in [1.807, 2.05) is 24.3 Å². The summed E-state index contributed by atoms with van der Waals surface area (Å²) in [6.07, 6.45) is -0.331. The van der Waals surface area contributed by atoms with Crippen molar-refractivity contribution in [3.63, 3.8) is 0 Å². The zero-order valence-corrected chi connectivity index (χ0v) is 11.6. The lowest BCUT2D eigenvalue weighted by Gasteiger charge is -2.22. The molecule has 1 saturated heterocycles. The SMILES string of the molecule is CC(C)Sc1ccc(C(=O)C2CNCCO2)cc1. The summed E-state index contributed by atoms with van der Waals surface area (Å²) in [5.74, 6) is 0.0725. The Balaban J connectivity index is 2.02. The number of rotatable bonds is 4. The molecule has 4 heteroatoms. The Labute approximate surface area is 112 Å². The third kappa shape index (κ3) is 3.57. The van der Waals surface area contributed by atoms with E-state index in [1.54, 1.807) is 11.8 Å². The Hall–Kier alpha value is -0.840. The largest absolute Gasteiger partial charge is 0.367 e. The minimum absolute atomic E-state index is 0.0725. The van der Waals surface area contributed by atoms with Crippen molar-refractivity contribution in [2.45, 2.75) is 30.1 Å². The molecule has 18 heavy (non-hydrogen) atoms. The number of Topliss-reactive ketones (excluding diaryl/α,β-unsaturated/α-hetero) is 1. The molecule has 0 radical (unpaired) electrons. The highest BCUT2D eigenvalue weighted by Crippen LogP contribution is 2.23. The van der Waals surface area contributed by atoms with Crippen molar-refractivity contribution in [3.8, 4) is 0 Å². The first kappa shape index (κ1) is 13.6. The molecule has 0 saturated carbocycles. The van der Waals surface area contributed by atoms with Crippen LogP contribution in [0.4, 0.5) is 0 Å². The minimum Gasteiger partial charge on any atom is -0.367 e. The van der Waals surface area contributed by atoms with Crippen molar-refractivity contribution in [1.82, 2.24) is 5.32 Å². The van der Waals surface area contributed by atoms with Crippen LogP contribution in [-0.2, 0) is 4.74 Å². The lowest BCUT2D eigenvalue weighted by molar-refractivity contribution is 0.0269.